The Hall–Kier alpha value is -1.16. The van der Waals surface area contributed by atoms with Gasteiger partial charge in [-0.1, -0.05) is 13.3 Å². The molecule has 0 spiro atoms. The van der Waals surface area contributed by atoms with Crippen molar-refractivity contribution >= 4 is 5.97 Å². The summed E-state index contributed by atoms with van der Waals surface area (Å²) in [6, 6.07) is 0. The topological polar surface area (TPSA) is 26.3 Å². The summed E-state index contributed by atoms with van der Waals surface area (Å²) in [5, 5.41) is 0. The van der Waals surface area contributed by atoms with Crippen molar-refractivity contribution in [1.29, 1.82) is 0 Å². The first-order chi connectivity index (χ1) is 11.6. The lowest BCUT2D eigenvalue weighted by atomic mass is 9.76. The second-order valence-corrected chi connectivity index (χ2v) is 6.57. The standard InChI is InChI=1S/C15H19F9O2/c1-3-11(2,10(25)26-9-7-5-4-6-8-9)12(16,17)13(18,19)14(20,21)15(22,23)24/h9H,3-8H2,1-2H3. The molecule has 154 valence electrons. The summed E-state index contributed by atoms with van der Waals surface area (Å²) in [5.74, 6) is -21.8. The summed E-state index contributed by atoms with van der Waals surface area (Å²) in [6.45, 7) is 1.01. The van der Waals surface area contributed by atoms with Gasteiger partial charge in [0.25, 0.3) is 0 Å². The van der Waals surface area contributed by atoms with E-state index in [1.165, 1.54) is 0 Å². The van der Waals surface area contributed by atoms with Crippen molar-refractivity contribution in [2.24, 2.45) is 5.41 Å². The predicted octanol–water partition coefficient (Wildman–Crippen LogP) is 5.75. The Kier molecular flexibility index (Phi) is 6.25. The van der Waals surface area contributed by atoms with E-state index in [4.69, 9.17) is 4.74 Å². The Morgan fingerprint density at radius 3 is 1.69 bits per heavy atom. The molecule has 0 saturated heterocycles. The summed E-state index contributed by atoms with van der Waals surface area (Å²) >= 11 is 0. The molecule has 0 amide bonds. The molecule has 26 heavy (non-hydrogen) atoms. The fourth-order valence-corrected chi connectivity index (χ4v) is 2.68. The third-order valence-electron chi connectivity index (χ3n) is 4.82. The molecule has 1 aliphatic rings. The van der Waals surface area contributed by atoms with E-state index in [9.17, 15) is 44.3 Å². The van der Waals surface area contributed by atoms with Crippen molar-refractivity contribution in [2.45, 2.75) is 82.4 Å². The zero-order valence-electron chi connectivity index (χ0n) is 14.0. The van der Waals surface area contributed by atoms with Crippen LogP contribution in [0.15, 0.2) is 0 Å². The lowest BCUT2D eigenvalue weighted by Crippen LogP contribution is -2.67. The molecule has 0 N–H and O–H groups in total. The zero-order chi connectivity index (χ0) is 20.6. The van der Waals surface area contributed by atoms with E-state index < -0.39 is 47.9 Å². The van der Waals surface area contributed by atoms with Crippen molar-refractivity contribution in [1.82, 2.24) is 0 Å². The van der Waals surface area contributed by atoms with E-state index in [2.05, 4.69) is 0 Å². The van der Waals surface area contributed by atoms with Crippen molar-refractivity contribution in [2.75, 3.05) is 0 Å². The van der Waals surface area contributed by atoms with Crippen molar-refractivity contribution in [3.63, 3.8) is 0 Å². The van der Waals surface area contributed by atoms with Crippen molar-refractivity contribution in [3.8, 4) is 0 Å². The summed E-state index contributed by atoms with van der Waals surface area (Å²) < 4.78 is 123. The molecule has 0 heterocycles. The Morgan fingerprint density at radius 1 is 0.846 bits per heavy atom. The van der Waals surface area contributed by atoms with Crippen molar-refractivity contribution in [3.05, 3.63) is 0 Å². The first kappa shape index (κ1) is 22.9. The van der Waals surface area contributed by atoms with E-state index in [0.29, 0.717) is 12.8 Å². The molecule has 11 heteroatoms. The molecule has 1 saturated carbocycles. The van der Waals surface area contributed by atoms with Crippen LogP contribution in [0, 0.1) is 5.41 Å². The Bertz CT molecular complexity index is 510. The number of carbonyl (C=O) groups is 1. The molecule has 2 nitrogen and oxygen atoms in total. The highest BCUT2D eigenvalue weighted by atomic mass is 19.4. The van der Waals surface area contributed by atoms with Crippen LogP contribution in [0.3, 0.4) is 0 Å². The first-order valence-electron chi connectivity index (χ1n) is 7.97. The highest BCUT2D eigenvalue weighted by molar-refractivity contribution is 5.78. The summed E-state index contributed by atoms with van der Waals surface area (Å²) in [7, 11) is 0. The maximum atomic E-state index is 14.3. The number of rotatable bonds is 6. The average molecular weight is 402 g/mol. The maximum Gasteiger partial charge on any atom is 0.460 e. The van der Waals surface area contributed by atoms with Crippen LogP contribution in [0.4, 0.5) is 39.5 Å². The molecule has 1 atom stereocenters. The second kappa shape index (κ2) is 7.10. The Morgan fingerprint density at radius 2 is 1.31 bits per heavy atom. The molecule has 0 bridgehead atoms. The van der Waals surface area contributed by atoms with Gasteiger partial charge < -0.3 is 4.74 Å². The van der Waals surface area contributed by atoms with Gasteiger partial charge in [-0.25, -0.2) is 0 Å². The molecule has 0 aromatic carbocycles. The van der Waals surface area contributed by atoms with Gasteiger partial charge >= 0.3 is 29.9 Å². The van der Waals surface area contributed by atoms with Crippen LogP contribution in [0.1, 0.15) is 52.4 Å². The zero-order valence-corrected chi connectivity index (χ0v) is 14.0. The molecule has 1 aliphatic carbocycles. The summed E-state index contributed by atoms with van der Waals surface area (Å²) in [4.78, 5) is 12.1. The third kappa shape index (κ3) is 3.49. The highest BCUT2D eigenvalue weighted by Crippen LogP contribution is 2.59. The molecular formula is C15H19F9O2. The monoisotopic (exact) mass is 402 g/mol. The fraction of sp³-hybridized carbons (Fsp3) is 0.933. The molecule has 0 aromatic heterocycles. The smallest absolute Gasteiger partial charge is 0.460 e. The second-order valence-electron chi connectivity index (χ2n) is 6.57. The van der Waals surface area contributed by atoms with Crippen LogP contribution in [-0.4, -0.2) is 36.0 Å². The van der Waals surface area contributed by atoms with Gasteiger partial charge in [-0.2, -0.15) is 39.5 Å². The minimum atomic E-state index is -7.04. The molecule has 0 aromatic rings. The first-order valence-corrected chi connectivity index (χ1v) is 7.97. The SMILES string of the molecule is CCC(C)(C(=O)OC1CCCCC1)C(F)(F)C(F)(F)C(F)(F)C(F)(F)F. The van der Waals surface area contributed by atoms with Gasteiger partial charge in [0.15, 0.2) is 0 Å². The van der Waals surface area contributed by atoms with Gasteiger partial charge in [-0.15, -0.1) is 0 Å². The van der Waals surface area contributed by atoms with Crippen LogP contribution >= 0.6 is 0 Å². The third-order valence-corrected chi connectivity index (χ3v) is 4.82. The number of hydrogen-bond donors (Lipinski definition) is 0. The number of hydrogen-bond acceptors (Lipinski definition) is 2. The van der Waals surface area contributed by atoms with E-state index in [1.54, 1.807) is 0 Å². The molecule has 1 unspecified atom stereocenters. The Balaban J connectivity index is 3.23. The quantitative estimate of drug-likeness (QED) is 0.418. The highest BCUT2D eigenvalue weighted by Gasteiger charge is 2.85. The Labute approximate surface area is 144 Å². The predicted molar refractivity (Wildman–Crippen MR) is 72.3 cm³/mol. The van der Waals surface area contributed by atoms with Gasteiger partial charge in [0.2, 0.25) is 0 Å². The van der Waals surface area contributed by atoms with Gasteiger partial charge in [-0.3, -0.25) is 4.79 Å². The molecule has 1 fully saturated rings. The van der Waals surface area contributed by atoms with Crippen LogP contribution in [0.25, 0.3) is 0 Å². The minimum Gasteiger partial charge on any atom is -0.462 e. The van der Waals surface area contributed by atoms with E-state index >= 15 is 0 Å². The van der Waals surface area contributed by atoms with Gasteiger partial charge in [0.1, 0.15) is 11.5 Å². The lowest BCUT2D eigenvalue weighted by Gasteiger charge is -2.42. The molecule has 0 aliphatic heterocycles. The number of halogens is 9. The largest absolute Gasteiger partial charge is 0.462 e. The van der Waals surface area contributed by atoms with Crippen molar-refractivity contribution < 1.29 is 49.0 Å². The maximum absolute atomic E-state index is 14.3. The molecular weight excluding hydrogens is 383 g/mol. The average Bonchev–Trinajstić information content (AvgIpc) is 2.53. The van der Waals surface area contributed by atoms with E-state index in [0.717, 1.165) is 13.3 Å². The number of ether oxygens (including phenoxy) is 1. The minimum absolute atomic E-state index is 0.207. The van der Waals surface area contributed by atoms with E-state index in [1.807, 2.05) is 0 Å². The van der Waals surface area contributed by atoms with Crippen LogP contribution in [0.5, 0.6) is 0 Å². The molecule has 1 rings (SSSR count). The van der Waals surface area contributed by atoms with Gasteiger partial charge in [-0.05, 0) is 39.0 Å². The number of alkyl halides is 9. The van der Waals surface area contributed by atoms with Crippen LogP contribution < -0.4 is 0 Å². The van der Waals surface area contributed by atoms with Gasteiger partial charge in [0.05, 0.1) is 0 Å². The van der Waals surface area contributed by atoms with E-state index in [-0.39, 0.29) is 19.8 Å². The van der Waals surface area contributed by atoms with Gasteiger partial charge in [0, 0.05) is 0 Å². The van der Waals surface area contributed by atoms with Crippen LogP contribution in [-0.2, 0) is 9.53 Å². The number of carbonyl (C=O) groups excluding carboxylic acids is 1. The summed E-state index contributed by atoms with van der Waals surface area (Å²) in [5.41, 5.74) is -3.57. The number of esters is 1. The normalized spacial score (nSPS) is 20.6. The summed E-state index contributed by atoms with van der Waals surface area (Å²) in [6.07, 6.45) is -6.44. The fourth-order valence-electron chi connectivity index (χ4n) is 2.68. The van der Waals surface area contributed by atoms with Crippen LogP contribution in [0.2, 0.25) is 0 Å². The molecule has 0 radical (unpaired) electrons. The lowest BCUT2D eigenvalue weighted by molar-refractivity contribution is -0.409.